The van der Waals surface area contributed by atoms with Crippen LogP contribution in [-0.4, -0.2) is 146 Å². The largest absolute Gasteiger partial charge is 3.00 e. The fourth-order valence-electron chi connectivity index (χ4n) is 2.55. The van der Waals surface area contributed by atoms with E-state index in [-0.39, 0.29) is 45.8 Å². The standard InChI is InChI=1S/C14H26N4O6.Bi/c19-12(20)9-16-3-1-15-2-4-17(10-13(21)22)6-8-18(7-5-16)11-14(23)24;/h15H,1-11H2,(H,19,20)(H,21,22)(H,23,24);/q;+3. The molecular formula is C14H26BiN4O6+3. The predicted molar refractivity (Wildman–Crippen MR) is 90.9 cm³/mol. The SMILES string of the molecule is O=C(O)CN1CCNCCN(CC(=O)O)CCN(CC(=O)O)CC1.[Bi+3]. The molecule has 0 aliphatic carbocycles. The van der Waals surface area contributed by atoms with Gasteiger partial charge in [0.25, 0.3) is 0 Å². The zero-order chi connectivity index (χ0) is 17.9. The Morgan fingerprint density at radius 1 is 0.640 bits per heavy atom. The van der Waals surface area contributed by atoms with Crippen LogP contribution in [-0.2, 0) is 14.4 Å². The Bertz CT molecular complexity index is 410. The molecule has 0 atom stereocenters. The van der Waals surface area contributed by atoms with Crippen molar-refractivity contribution in [2.75, 3.05) is 72.0 Å². The van der Waals surface area contributed by atoms with E-state index in [0.29, 0.717) is 52.4 Å². The summed E-state index contributed by atoms with van der Waals surface area (Å²) in [5.74, 6) is -2.79. The third-order valence-electron chi connectivity index (χ3n) is 3.75. The normalized spacial score (nSPS) is 19.2. The first-order valence-electron chi connectivity index (χ1n) is 7.90. The molecule has 0 saturated carbocycles. The van der Waals surface area contributed by atoms with Crippen LogP contribution in [0.3, 0.4) is 0 Å². The molecule has 0 spiro atoms. The van der Waals surface area contributed by atoms with Crippen molar-refractivity contribution in [2.24, 2.45) is 0 Å². The van der Waals surface area contributed by atoms with Gasteiger partial charge in [0.05, 0.1) is 19.6 Å². The van der Waals surface area contributed by atoms with Crippen LogP contribution in [0.15, 0.2) is 0 Å². The van der Waals surface area contributed by atoms with E-state index in [2.05, 4.69) is 5.32 Å². The molecule has 0 amide bonds. The minimum Gasteiger partial charge on any atom is -0.480 e. The molecule has 4 N–H and O–H groups in total. The zero-order valence-electron chi connectivity index (χ0n) is 14.1. The molecule has 1 heterocycles. The van der Waals surface area contributed by atoms with Crippen molar-refractivity contribution in [3.8, 4) is 0 Å². The van der Waals surface area contributed by atoms with Crippen LogP contribution in [0.4, 0.5) is 0 Å². The molecule has 1 saturated heterocycles. The summed E-state index contributed by atoms with van der Waals surface area (Å²) in [6.45, 7) is 3.64. The molecule has 10 nitrogen and oxygen atoms in total. The van der Waals surface area contributed by atoms with E-state index in [1.165, 1.54) is 0 Å². The maximum Gasteiger partial charge on any atom is 3.00 e. The molecule has 0 bridgehead atoms. The van der Waals surface area contributed by atoms with Gasteiger partial charge in [-0.25, -0.2) is 0 Å². The molecule has 140 valence electrons. The first-order valence-corrected chi connectivity index (χ1v) is 7.90. The molecule has 0 aromatic heterocycles. The van der Waals surface area contributed by atoms with E-state index in [1.54, 1.807) is 14.7 Å². The fraction of sp³-hybridized carbons (Fsp3) is 0.786. The molecule has 0 aromatic carbocycles. The summed E-state index contributed by atoms with van der Waals surface area (Å²) in [6.07, 6.45) is 0. The number of carboxylic acid groups (broad SMARTS) is 3. The van der Waals surface area contributed by atoms with Crippen LogP contribution in [0, 0.1) is 0 Å². The molecular weight excluding hydrogens is 529 g/mol. The van der Waals surface area contributed by atoms with Gasteiger partial charge in [-0.1, -0.05) is 0 Å². The quantitative estimate of drug-likeness (QED) is 0.258. The Labute approximate surface area is 165 Å². The molecule has 11 heteroatoms. The van der Waals surface area contributed by atoms with Gasteiger partial charge in [0.2, 0.25) is 0 Å². The van der Waals surface area contributed by atoms with E-state index in [1.807, 2.05) is 0 Å². The average Bonchev–Trinajstić information content (AvgIpc) is 2.45. The fourth-order valence-corrected chi connectivity index (χ4v) is 2.55. The molecule has 1 fully saturated rings. The Morgan fingerprint density at radius 3 is 1.20 bits per heavy atom. The number of nitrogens with zero attached hydrogens (tertiary/aromatic N) is 3. The molecule has 2 radical (unpaired) electrons. The number of nitrogens with one attached hydrogen (secondary N) is 1. The minimum absolute atomic E-state index is 0. The maximum atomic E-state index is 11.0. The van der Waals surface area contributed by atoms with Crippen LogP contribution >= 0.6 is 0 Å². The van der Waals surface area contributed by atoms with Gasteiger partial charge in [0, 0.05) is 52.4 Å². The number of aliphatic carboxylic acids is 3. The summed E-state index contributed by atoms with van der Waals surface area (Å²) in [5.41, 5.74) is 0. The van der Waals surface area contributed by atoms with Crippen molar-refractivity contribution < 1.29 is 29.7 Å². The Balaban J connectivity index is 0.00000576. The second-order valence-electron chi connectivity index (χ2n) is 5.76. The van der Waals surface area contributed by atoms with Gasteiger partial charge < -0.3 is 20.6 Å². The average molecular weight is 555 g/mol. The van der Waals surface area contributed by atoms with Crippen LogP contribution in [0.2, 0.25) is 0 Å². The summed E-state index contributed by atoms with van der Waals surface area (Å²) in [5, 5.41) is 30.1. The summed E-state index contributed by atoms with van der Waals surface area (Å²) in [4.78, 5) is 38.1. The number of carbonyl (C=O) groups is 3. The van der Waals surface area contributed by atoms with Crippen LogP contribution in [0.1, 0.15) is 0 Å². The van der Waals surface area contributed by atoms with E-state index in [4.69, 9.17) is 15.3 Å². The number of hydrogen-bond acceptors (Lipinski definition) is 7. The van der Waals surface area contributed by atoms with Crippen molar-refractivity contribution >= 4 is 44.1 Å². The third kappa shape index (κ3) is 12.2. The second kappa shape index (κ2) is 13.4. The Kier molecular flexibility index (Phi) is 12.9. The predicted octanol–water partition coefficient (Wildman–Crippen LogP) is -2.63. The smallest absolute Gasteiger partial charge is 0.480 e. The van der Waals surface area contributed by atoms with Gasteiger partial charge in [-0.15, -0.1) is 0 Å². The number of hydrogen-bond donors (Lipinski definition) is 4. The molecule has 25 heavy (non-hydrogen) atoms. The first kappa shape index (κ1) is 24.1. The van der Waals surface area contributed by atoms with Crippen molar-refractivity contribution in [1.82, 2.24) is 20.0 Å². The van der Waals surface area contributed by atoms with E-state index in [9.17, 15) is 14.4 Å². The summed E-state index contributed by atoms with van der Waals surface area (Å²) < 4.78 is 0. The third-order valence-corrected chi connectivity index (χ3v) is 3.75. The summed E-state index contributed by atoms with van der Waals surface area (Å²) in [7, 11) is 0. The monoisotopic (exact) mass is 555 g/mol. The molecule has 0 aromatic rings. The maximum absolute atomic E-state index is 11.0. The van der Waals surface area contributed by atoms with Crippen LogP contribution in [0.25, 0.3) is 0 Å². The topological polar surface area (TPSA) is 134 Å². The van der Waals surface area contributed by atoms with E-state index >= 15 is 0 Å². The van der Waals surface area contributed by atoms with Crippen molar-refractivity contribution in [2.45, 2.75) is 0 Å². The molecule has 1 rings (SSSR count). The second-order valence-corrected chi connectivity index (χ2v) is 5.76. The van der Waals surface area contributed by atoms with Gasteiger partial charge in [-0.2, -0.15) is 0 Å². The van der Waals surface area contributed by atoms with Gasteiger partial charge in [-0.3, -0.25) is 29.1 Å². The first-order chi connectivity index (χ1) is 11.4. The summed E-state index contributed by atoms with van der Waals surface area (Å²) in [6, 6.07) is 0. The van der Waals surface area contributed by atoms with Gasteiger partial charge in [0.1, 0.15) is 0 Å². The zero-order valence-corrected chi connectivity index (χ0v) is 17.6. The molecule has 1 aliphatic rings. The van der Waals surface area contributed by atoms with Gasteiger partial charge >= 0.3 is 44.1 Å². The van der Waals surface area contributed by atoms with Crippen LogP contribution < -0.4 is 5.32 Å². The number of carboxylic acids is 3. The van der Waals surface area contributed by atoms with Crippen molar-refractivity contribution in [1.29, 1.82) is 0 Å². The van der Waals surface area contributed by atoms with E-state index in [0.717, 1.165) is 0 Å². The molecule has 1 aliphatic heterocycles. The number of rotatable bonds is 6. The van der Waals surface area contributed by atoms with E-state index < -0.39 is 17.9 Å². The van der Waals surface area contributed by atoms with Crippen molar-refractivity contribution in [3.05, 3.63) is 0 Å². The van der Waals surface area contributed by atoms with Crippen LogP contribution in [0.5, 0.6) is 0 Å². The minimum atomic E-state index is -0.960. The van der Waals surface area contributed by atoms with Gasteiger partial charge in [0.15, 0.2) is 0 Å². The Morgan fingerprint density at radius 2 is 0.920 bits per heavy atom. The Hall–Kier alpha value is -0.867. The molecule has 0 unspecified atom stereocenters. The van der Waals surface area contributed by atoms with Gasteiger partial charge in [-0.05, 0) is 0 Å². The van der Waals surface area contributed by atoms with Crippen molar-refractivity contribution in [3.63, 3.8) is 0 Å². The summed E-state index contributed by atoms with van der Waals surface area (Å²) >= 11 is 0.